The number of aromatic amines is 1. The van der Waals surface area contributed by atoms with Crippen LogP contribution in [0.1, 0.15) is 34.7 Å². The zero-order valence-electron chi connectivity index (χ0n) is 13.8. The molecule has 0 radical (unpaired) electrons. The van der Waals surface area contributed by atoms with E-state index in [0.29, 0.717) is 11.8 Å². The lowest BCUT2D eigenvalue weighted by atomic mass is 10.1. The molecule has 1 aliphatic carbocycles. The molecule has 2 unspecified atom stereocenters. The van der Waals surface area contributed by atoms with Crippen molar-refractivity contribution in [3.05, 3.63) is 70.9 Å². The predicted octanol–water partition coefficient (Wildman–Crippen LogP) is 4.12. The molecule has 2 aromatic carbocycles. The molecule has 0 saturated heterocycles. The van der Waals surface area contributed by atoms with Crippen molar-refractivity contribution in [1.29, 1.82) is 0 Å². The van der Waals surface area contributed by atoms with E-state index in [1.807, 2.05) is 11.0 Å². The minimum atomic E-state index is 0.169. The maximum Gasteiger partial charge on any atom is 0.226 e. The van der Waals surface area contributed by atoms with Crippen molar-refractivity contribution in [2.24, 2.45) is 5.92 Å². The fraction of sp³-hybridized carbons (Fsp3) is 0.286. The molecule has 5 rings (SSSR count). The fourth-order valence-corrected chi connectivity index (χ4v) is 4.05. The molecular weight excluding hydrogens is 296 g/mol. The second-order valence-electron chi connectivity index (χ2n) is 7.18. The lowest BCUT2D eigenvalue weighted by Gasteiger charge is -2.16. The van der Waals surface area contributed by atoms with Crippen molar-refractivity contribution < 1.29 is 4.79 Å². The first-order valence-electron chi connectivity index (χ1n) is 8.64. The molecule has 1 N–H and O–H groups in total. The van der Waals surface area contributed by atoms with Crippen LogP contribution >= 0.6 is 0 Å². The van der Waals surface area contributed by atoms with E-state index >= 15 is 0 Å². The lowest BCUT2D eigenvalue weighted by molar-refractivity contribution is -0.133. The summed E-state index contributed by atoms with van der Waals surface area (Å²) in [6.45, 7) is 3.57. The van der Waals surface area contributed by atoms with Crippen LogP contribution in [0.3, 0.4) is 0 Å². The highest BCUT2D eigenvalue weighted by atomic mass is 16.2. The monoisotopic (exact) mass is 316 g/mol. The van der Waals surface area contributed by atoms with Crippen molar-refractivity contribution >= 4 is 16.8 Å². The van der Waals surface area contributed by atoms with Gasteiger partial charge in [-0.25, -0.2) is 0 Å². The predicted molar refractivity (Wildman–Crippen MR) is 94.6 cm³/mol. The Morgan fingerprint density at radius 2 is 1.88 bits per heavy atom. The topological polar surface area (TPSA) is 36.1 Å². The molecule has 1 amide bonds. The largest absolute Gasteiger partial charge is 0.357 e. The van der Waals surface area contributed by atoms with E-state index in [1.165, 1.54) is 33.3 Å². The van der Waals surface area contributed by atoms with Gasteiger partial charge in [-0.05, 0) is 30.9 Å². The van der Waals surface area contributed by atoms with Gasteiger partial charge in [0.15, 0.2) is 0 Å². The number of H-pyrrole nitrogens is 1. The molecule has 0 bridgehead atoms. The summed E-state index contributed by atoms with van der Waals surface area (Å²) in [6, 6.07) is 17.0. The highest BCUT2D eigenvalue weighted by Crippen LogP contribution is 2.49. The van der Waals surface area contributed by atoms with Crippen LogP contribution in [0.5, 0.6) is 0 Å². The maximum absolute atomic E-state index is 12.9. The quantitative estimate of drug-likeness (QED) is 0.758. The van der Waals surface area contributed by atoms with E-state index in [9.17, 15) is 4.79 Å². The van der Waals surface area contributed by atoms with Crippen molar-refractivity contribution in [2.45, 2.75) is 32.4 Å². The Kier molecular flexibility index (Phi) is 2.87. The van der Waals surface area contributed by atoms with Crippen molar-refractivity contribution in [1.82, 2.24) is 9.88 Å². The van der Waals surface area contributed by atoms with Gasteiger partial charge in [-0.1, -0.05) is 48.0 Å². The third-order valence-electron chi connectivity index (χ3n) is 5.52. The van der Waals surface area contributed by atoms with Crippen LogP contribution in [0.15, 0.2) is 48.5 Å². The average molecular weight is 316 g/mol. The summed E-state index contributed by atoms with van der Waals surface area (Å²) in [7, 11) is 0. The van der Waals surface area contributed by atoms with Crippen molar-refractivity contribution in [3.8, 4) is 0 Å². The zero-order chi connectivity index (χ0) is 16.3. The Morgan fingerprint density at radius 1 is 1.08 bits per heavy atom. The molecule has 3 aromatic rings. The van der Waals surface area contributed by atoms with Gasteiger partial charge in [0, 0.05) is 34.6 Å². The third-order valence-corrected chi connectivity index (χ3v) is 5.52. The lowest BCUT2D eigenvalue weighted by Crippen LogP contribution is -2.27. The summed E-state index contributed by atoms with van der Waals surface area (Å²) in [5, 5.41) is 1.26. The summed E-state index contributed by atoms with van der Waals surface area (Å²) in [6.07, 6.45) is 0.993. The van der Waals surface area contributed by atoms with Gasteiger partial charge in [0.05, 0.1) is 6.54 Å². The summed E-state index contributed by atoms with van der Waals surface area (Å²) >= 11 is 0. The molecule has 1 aliphatic heterocycles. The number of aryl methyl sites for hydroxylation is 1. The summed E-state index contributed by atoms with van der Waals surface area (Å²) in [5.41, 5.74) is 6.26. The van der Waals surface area contributed by atoms with Gasteiger partial charge < -0.3 is 9.88 Å². The second kappa shape index (κ2) is 4.97. The van der Waals surface area contributed by atoms with E-state index in [-0.39, 0.29) is 5.92 Å². The number of hydrogen-bond acceptors (Lipinski definition) is 1. The van der Waals surface area contributed by atoms with Crippen LogP contribution in [0, 0.1) is 12.8 Å². The van der Waals surface area contributed by atoms with Crippen LogP contribution in [-0.2, 0) is 17.9 Å². The number of para-hydroxylation sites is 1. The van der Waals surface area contributed by atoms with Gasteiger partial charge in [-0.15, -0.1) is 0 Å². The number of carbonyl (C=O) groups excluding carboxylic acids is 1. The van der Waals surface area contributed by atoms with Crippen LogP contribution < -0.4 is 0 Å². The molecule has 2 atom stereocenters. The Labute approximate surface area is 141 Å². The number of nitrogens with one attached hydrogen (secondary N) is 1. The third kappa shape index (κ3) is 2.08. The average Bonchev–Trinajstić information content (AvgIpc) is 3.16. The Balaban J connectivity index is 1.33. The van der Waals surface area contributed by atoms with E-state index in [1.54, 1.807) is 0 Å². The molecule has 1 saturated carbocycles. The highest BCUT2D eigenvalue weighted by molar-refractivity contribution is 5.88. The van der Waals surface area contributed by atoms with Gasteiger partial charge in [0.2, 0.25) is 5.91 Å². The van der Waals surface area contributed by atoms with Gasteiger partial charge in [0.25, 0.3) is 0 Å². The molecule has 120 valence electrons. The van der Waals surface area contributed by atoms with Gasteiger partial charge >= 0.3 is 0 Å². The number of rotatable bonds is 2. The van der Waals surface area contributed by atoms with E-state index in [4.69, 9.17) is 0 Å². The minimum absolute atomic E-state index is 0.169. The molecular formula is C21H20N2O. The minimum Gasteiger partial charge on any atom is -0.357 e. The molecule has 3 nitrogen and oxygen atoms in total. The standard InChI is InChI=1S/C21H20N2O/c1-13-6-8-14(9-7-13)16-10-17(16)21(24)23-11-18-15-4-2-3-5-19(15)22-20(18)12-23/h2-9,16-17,22H,10-12H2,1H3. The number of amides is 1. The van der Waals surface area contributed by atoms with Gasteiger partial charge in [-0.3, -0.25) is 4.79 Å². The second-order valence-corrected chi connectivity index (χ2v) is 7.18. The van der Waals surface area contributed by atoms with Gasteiger partial charge in [-0.2, -0.15) is 0 Å². The Hall–Kier alpha value is -2.55. The molecule has 1 fully saturated rings. The summed E-state index contributed by atoms with van der Waals surface area (Å²) < 4.78 is 0. The van der Waals surface area contributed by atoms with Crippen LogP contribution in [0.25, 0.3) is 10.9 Å². The maximum atomic E-state index is 12.9. The SMILES string of the molecule is Cc1ccc(C2CC2C(=O)N2Cc3[nH]c4ccccc4c3C2)cc1. The number of carbonyl (C=O) groups is 1. The highest BCUT2D eigenvalue weighted by Gasteiger charge is 2.46. The molecule has 2 aliphatic rings. The van der Waals surface area contributed by atoms with Gasteiger partial charge in [0.1, 0.15) is 0 Å². The summed E-state index contributed by atoms with van der Waals surface area (Å²) in [5.74, 6) is 0.894. The smallest absolute Gasteiger partial charge is 0.226 e. The molecule has 2 heterocycles. The van der Waals surface area contributed by atoms with Crippen LogP contribution in [0.2, 0.25) is 0 Å². The van der Waals surface area contributed by atoms with E-state index < -0.39 is 0 Å². The van der Waals surface area contributed by atoms with Crippen molar-refractivity contribution in [3.63, 3.8) is 0 Å². The number of aromatic nitrogens is 1. The van der Waals surface area contributed by atoms with Crippen LogP contribution in [-0.4, -0.2) is 15.8 Å². The molecule has 1 aromatic heterocycles. The normalized spacial score (nSPS) is 22.0. The number of benzene rings is 2. The number of fused-ring (bicyclic) bond motifs is 3. The van der Waals surface area contributed by atoms with E-state index in [2.05, 4.69) is 54.4 Å². The molecule has 24 heavy (non-hydrogen) atoms. The van der Waals surface area contributed by atoms with E-state index in [0.717, 1.165) is 19.5 Å². The summed E-state index contributed by atoms with van der Waals surface area (Å²) in [4.78, 5) is 18.4. The number of nitrogens with zero attached hydrogens (tertiary/aromatic N) is 1. The Morgan fingerprint density at radius 3 is 2.71 bits per heavy atom. The first-order chi connectivity index (χ1) is 11.7. The fourth-order valence-electron chi connectivity index (χ4n) is 4.05. The Bertz CT molecular complexity index is 938. The zero-order valence-corrected chi connectivity index (χ0v) is 13.8. The van der Waals surface area contributed by atoms with Crippen molar-refractivity contribution in [2.75, 3.05) is 0 Å². The van der Waals surface area contributed by atoms with Crippen LogP contribution in [0.4, 0.5) is 0 Å². The molecule has 3 heteroatoms. The first-order valence-corrected chi connectivity index (χ1v) is 8.64. The number of hydrogen-bond donors (Lipinski definition) is 1. The molecule has 0 spiro atoms. The first kappa shape index (κ1) is 13.8.